The summed E-state index contributed by atoms with van der Waals surface area (Å²) in [6.45, 7) is 8.02. The minimum atomic E-state index is -0.828. The van der Waals surface area contributed by atoms with Crippen molar-refractivity contribution in [2.75, 3.05) is 44.8 Å². The predicted octanol–water partition coefficient (Wildman–Crippen LogP) is 0.325. The summed E-state index contributed by atoms with van der Waals surface area (Å²) in [5, 5.41) is 15.8. The average molecular weight is 421 g/mol. The van der Waals surface area contributed by atoms with Crippen molar-refractivity contribution in [3.63, 3.8) is 0 Å². The lowest BCUT2D eigenvalue weighted by Crippen LogP contribution is -2.60. The molecule has 1 aromatic rings. The number of nitrogens with one attached hydrogen (secondary N) is 3. The topological polar surface area (TPSA) is 108 Å². The van der Waals surface area contributed by atoms with Crippen molar-refractivity contribution in [2.45, 2.75) is 49.8 Å². The Balaban J connectivity index is 1.52. The molecule has 3 aliphatic rings. The van der Waals surface area contributed by atoms with Crippen LogP contribution in [0.25, 0.3) is 0 Å². The standard InChI is InChI=1S/C21H32N4O5/c1-19(2)28-10-14(30-19)9-22-18(26)17(23-11-21(24-27)13-29-21)20(3)12-25(4)16-8-6-5-7-15(16)20/h5-8,14,17,23-24,27H,9-13H2,1-4H3,(H,22,26). The van der Waals surface area contributed by atoms with Gasteiger partial charge in [-0.3, -0.25) is 4.79 Å². The highest BCUT2D eigenvalue weighted by Crippen LogP contribution is 2.42. The van der Waals surface area contributed by atoms with Crippen LogP contribution in [0.3, 0.4) is 0 Å². The third-order valence-corrected chi connectivity index (χ3v) is 6.26. The number of likely N-dealkylation sites (N-methyl/N-ethyl adjacent to an activating group) is 1. The second-order valence-electron chi connectivity index (χ2n) is 9.20. The Bertz CT molecular complexity index is 799. The van der Waals surface area contributed by atoms with Crippen molar-refractivity contribution in [3.8, 4) is 0 Å². The van der Waals surface area contributed by atoms with Gasteiger partial charge in [0.1, 0.15) is 6.10 Å². The largest absolute Gasteiger partial charge is 0.373 e. The summed E-state index contributed by atoms with van der Waals surface area (Å²) in [6.07, 6.45) is -0.187. The molecule has 0 aromatic heterocycles. The number of nitrogens with zero attached hydrogens (tertiary/aromatic N) is 1. The molecule has 1 amide bonds. The lowest BCUT2D eigenvalue weighted by molar-refractivity contribution is -0.140. The van der Waals surface area contributed by atoms with Gasteiger partial charge in [-0.15, -0.1) is 0 Å². The first-order valence-corrected chi connectivity index (χ1v) is 10.4. The number of ether oxygens (including phenoxy) is 3. The Kier molecular flexibility index (Phi) is 5.54. The van der Waals surface area contributed by atoms with Gasteiger partial charge in [0, 0.05) is 37.8 Å². The Morgan fingerprint density at radius 1 is 1.30 bits per heavy atom. The van der Waals surface area contributed by atoms with Gasteiger partial charge in [0.2, 0.25) is 5.91 Å². The summed E-state index contributed by atoms with van der Waals surface area (Å²) >= 11 is 0. The number of para-hydroxylation sites is 1. The summed E-state index contributed by atoms with van der Waals surface area (Å²) < 4.78 is 16.7. The van der Waals surface area contributed by atoms with Crippen LogP contribution in [0, 0.1) is 0 Å². The second kappa shape index (κ2) is 7.74. The van der Waals surface area contributed by atoms with E-state index < -0.39 is 23.0 Å². The molecule has 2 saturated heterocycles. The van der Waals surface area contributed by atoms with E-state index in [1.165, 1.54) is 0 Å². The van der Waals surface area contributed by atoms with Crippen LogP contribution in [0.2, 0.25) is 0 Å². The maximum absolute atomic E-state index is 13.4. The number of fused-ring (bicyclic) bond motifs is 1. The molecule has 4 unspecified atom stereocenters. The highest BCUT2D eigenvalue weighted by Gasteiger charge is 2.50. The molecule has 4 rings (SSSR count). The molecule has 1 aromatic carbocycles. The fraction of sp³-hybridized carbons (Fsp3) is 0.667. The van der Waals surface area contributed by atoms with Gasteiger partial charge in [-0.05, 0) is 25.5 Å². The van der Waals surface area contributed by atoms with E-state index >= 15 is 0 Å². The minimum absolute atomic E-state index is 0.121. The number of epoxide rings is 1. The number of carbonyl (C=O) groups is 1. The summed E-state index contributed by atoms with van der Waals surface area (Å²) in [7, 11) is 2.03. The normalized spacial score (nSPS) is 32.7. The van der Waals surface area contributed by atoms with Crippen LogP contribution in [-0.4, -0.2) is 74.7 Å². The van der Waals surface area contributed by atoms with Crippen molar-refractivity contribution < 1.29 is 24.2 Å². The number of rotatable bonds is 8. The van der Waals surface area contributed by atoms with E-state index in [1.807, 2.05) is 33.0 Å². The third kappa shape index (κ3) is 4.05. The van der Waals surface area contributed by atoms with Crippen LogP contribution < -0.4 is 21.0 Å². The van der Waals surface area contributed by atoms with E-state index in [4.69, 9.17) is 14.2 Å². The molecule has 0 radical (unpaired) electrons. The summed E-state index contributed by atoms with van der Waals surface area (Å²) in [5.41, 5.74) is 3.14. The van der Waals surface area contributed by atoms with Gasteiger partial charge in [-0.25, -0.2) is 0 Å². The Morgan fingerprint density at radius 3 is 2.67 bits per heavy atom. The Morgan fingerprint density at radius 2 is 2.03 bits per heavy atom. The van der Waals surface area contributed by atoms with E-state index in [2.05, 4.69) is 40.1 Å². The fourth-order valence-electron chi connectivity index (χ4n) is 4.55. The Hall–Kier alpha value is -1.75. The van der Waals surface area contributed by atoms with Gasteiger partial charge in [-0.1, -0.05) is 25.1 Å². The van der Waals surface area contributed by atoms with E-state index in [0.717, 1.165) is 11.3 Å². The molecule has 166 valence electrons. The predicted molar refractivity (Wildman–Crippen MR) is 110 cm³/mol. The highest BCUT2D eigenvalue weighted by molar-refractivity contribution is 5.85. The number of hydroxylamine groups is 1. The van der Waals surface area contributed by atoms with Gasteiger partial charge < -0.3 is 35.0 Å². The lowest BCUT2D eigenvalue weighted by Gasteiger charge is -2.35. The van der Waals surface area contributed by atoms with Crippen molar-refractivity contribution in [2.24, 2.45) is 0 Å². The van der Waals surface area contributed by atoms with Gasteiger partial charge in [-0.2, -0.15) is 5.48 Å². The SMILES string of the molecule is CN1CC(C)(C(NCC2(NO)CO2)C(=O)NCC2COC(C)(C)O2)c2ccccc21. The molecule has 3 heterocycles. The minimum Gasteiger partial charge on any atom is -0.373 e. The van der Waals surface area contributed by atoms with Crippen LogP contribution in [-0.2, 0) is 24.4 Å². The monoisotopic (exact) mass is 420 g/mol. The molecule has 0 bridgehead atoms. The third-order valence-electron chi connectivity index (χ3n) is 6.26. The first kappa shape index (κ1) is 21.5. The van der Waals surface area contributed by atoms with Gasteiger partial charge in [0.05, 0.1) is 19.3 Å². The number of hydrogen-bond donors (Lipinski definition) is 4. The van der Waals surface area contributed by atoms with E-state index in [9.17, 15) is 10.0 Å². The Labute approximate surface area is 177 Å². The van der Waals surface area contributed by atoms with Crippen molar-refractivity contribution in [3.05, 3.63) is 29.8 Å². The number of hydrogen-bond acceptors (Lipinski definition) is 8. The molecule has 0 aliphatic carbocycles. The molecular formula is C21H32N4O5. The molecule has 9 nitrogen and oxygen atoms in total. The van der Waals surface area contributed by atoms with E-state index in [1.54, 1.807) is 0 Å². The molecule has 30 heavy (non-hydrogen) atoms. The fourth-order valence-corrected chi connectivity index (χ4v) is 4.55. The van der Waals surface area contributed by atoms with Crippen molar-refractivity contribution in [1.82, 2.24) is 16.1 Å². The maximum Gasteiger partial charge on any atom is 0.238 e. The molecular weight excluding hydrogens is 388 g/mol. The van der Waals surface area contributed by atoms with Crippen molar-refractivity contribution >= 4 is 11.6 Å². The van der Waals surface area contributed by atoms with E-state index in [-0.39, 0.29) is 12.0 Å². The zero-order chi connectivity index (χ0) is 21.6. The summed E-state index contributed by atoms with van der Waals surface area (Å²) in [6, 6.07) is 7.62. The summed E-state index contributed by atoms with van der Waals surface area (Å²) in [5.74, 6) is -0.751. The lowest BCUT2D eigenvalue weighted by atomic mass is 9.76. The molecule has 0 saturated carbocycles. The highest BCUT2D eigenvalue weighted by atomic mass is 16.7. The zero-order valence-electron chi connectivity index (χ0n) is 18.0. The van der Waals surface area contributed by atoms with Gasteiger partial charge in [0.15, 0.2) is 11.5 Å². The number of benzene rings is 1. The van der Waals surface area contributed by atoms with E-state index in [0.29, 0.717) is 32.8 Å². The van der Waals surface area contributed by atoms with Crippen LogP contribution in [0.4, 0.5) is 5.69 Å². The molecule has 4 N–H and O–H groups in total. The second-order valence-corrected chi connectivity index (χ2v) is 9.20. The molecule has 9 heteroatoms. The number of amides is 1. The molecule has 3 aliphatic heterocycles. The molecule has 0 spiro atoms. The van der Waals surface area contributed by atoms with Crippen LogP contribution in [0.5, 0.6) is 0 Å². The average Bonchev–Trinajstić information content (AvgIpc) is 3.34. The zero-order valence-corrected chi connectivity index (χ0v) is 18.0. The quantitative estimate of drug-likeness (QED) is 0.352. The summed E-state index contributed by atoms with van der Waals surface area (Å²) in [4.78, 5) is 15.6. The smallest absolute Gasteiger partial charge is 0.238 e. The van der Waals surface area contributed by atoms with Crippen LogP contribution >= 0.6 is 0 Å². The maximum atomic E-state index is 13.4. The number of carbonyl (C=O) groups excluding carboxylic acids is 1. The molecule has 4 atom stereocenters. The number of anilines is 1. The van der Waals surface area contributed by atoms with Gasteiger partial charge in [0.25, 0.3) is 0 Å². The van der Waals surface area contributed by atoms with Gasteiger partial charge >= 0.3 is 0 Å². The first-order chi connectivity index (χ1) is 14.2. The van der Waals surface area contributed by atoms with Crippen LogP contribution in [0.15, 0.2) is 24.3 Å². The first-order valence-electron chi connectivity index (χ1n) is 10.4. The molecule has 2 fully saturated rings. The van der Waals surface area contributed by atoms with Crippen LogP contribution in [0.1, 0.15) is 26.3 Å². The van der Waals surface area contributed by atoms with Crippen molar-refractivity contribution in [1.29, 1.82) is 0 Å².